The molecule has 0 aromatic heterocycles. The standard InChI is InChI=1S/C15H24N2/c1-3-5-14-13-7-6-11-10(4-2)12(11)8-9-15(13)17-16-14/h10-12,14H,3-9H2,1-2H3/t10-,11+,12-,14?/m0/s1. The van der Waals surface area contributed by atoms with E-state index in [9.17, 15) is 0 Å². The smallest absolute Gasteiger partial charge is 0.0943 e. The first-order valence-corrected chi connectivity index (χ1v) is 7.47. The van der Waals surface area contributed by atoms with Crippen molar-refractivity contribution in [2.24, 2.45) is 28.0 Å². The number of nitrogens with zero attached hydrogens (tertiary/aromatic N) is 2. The first kappa shape index (κ1) is 11.4. The van der Waals surface area contributed by atoms with Gasteiger partial charge in [-0.25, -0.2) is 0 Å². The van der Waals surface area contributed by atoms with Gasteiger partial charge in [0.15, 0.2) is 0 Å². The Labute approximate surface area is 105 Å². The van der Waals surface area contributed by atoms with Crippen molar-refractivity contribution in [3.05, 3.63) is 11.3 Å². The van der Waals surface area contributed by atoms with Gasteiger partial charge in [0.05, 0.1) is 11.7 Å². The van der Waals surface area contributed by atoms with Crippen LogP contribution >= 0.6 is 0 Å². The summed E-state index contributed by atoms with van der Waals surface area (Å²) in [6.07, 6.45) is 9.09. The summed E-state index contributed by atoms with van der Waals surface area (Å²) in [4.78, 5) is 0. The van der Waals surface area contributed by atoms with Crippen molar-refractivity contribution in [1.82, 2.24) is 0 Å². The summed E-state index contributed by atoms with van der Waals surface area (Å²) in [5, 5.41) is 8.95. The van der Waals surface area contributed by atoms with E-state index in [4.69, 9.17) is 0 Å². The second-order valence-corrected chi connectivity index (χ2v) is 5.97. The normalized spacial score (nSPS) is 39.6. The summed E-state index contributed by atoms with van der Waals surface area (Å²) in [7, 11) is 0. The molecule has 17 heavy (non-hydrogen) atoms. The fourth-order valence-electron chi connectivity index (χ4n) is 4.10. The van der Waals surface area contributed by atoms with Gasteiger partial charge in [-0.3, -0.25) is 0 Å². The fourth-order valence-corrected chi connectivity index (χ4v) is 4.10. The van der Waals surface area contributed by atoms with Crippen LogP contribution in [-0.2, 0) is 0 Å². The Morgan fingerprint density at radius 2 is 1.88 bits per heavy atom. The quantitative estimate of drug-likeness (QED) is 0.672. The number of allylic oxidation sites excluding steroid dienone is 1. The van der Waals surface area contributed by atoms with Crippen LogP contribution in [-0.4, -0.2) is 6.04 Å². The van der Waals surface area contributed by atoms with Crippen LogP contribution in [0, 0.1) is 17.8 Å². The summed E-state index contributed by atoms with van der Waals surface area (Å²) in [6, 6.07) is 0.449. The van der Waals surface area contributed by atoms with Crippen molar-refractivity contribution in [1.29, 1.82) is 0 Å². The summed E-state index contributed by atoms with van der Waals surface area (Å²) >= 11 is 0. The lowest BCUT2D eigenvalue weighted by Gasteiger charge is -2.14. The van der Waals surface area contributed by atoms with Gasteiger partial charge in [-0.15, -0.1) is 0 Å². The van der Waals surface area contributed by atoms with Crippen LogP contribution in [0.1, 0.15) is 58.8 Å². The minimum Gasteiger partial charge on any atom is -0.181 e. The van der Waals surface area contributed by atoms with Crippen molar-refractivity contribution in [3.63, 3.8) is 0 Å². The second-order valence-electron chi connectivity index (χ2n) is 5.97. The van der Waals surface area contributed by atoms with E-state index in [0.717, 1.165) is 17.8 Å². The van der Waals surface area contributed by atoms with Gasteiger partial charge >= 0.3 is 0 Å². The van der Waals surface area contributed by atoms with E-state index in [-0.39, 0.29) is 0 Å². The van der Waals surface area contributed by atoms with Crippen LogP contribution in [0.4, 0.5) is 0 Å². The van der Waals surface area contributed by atoms with Gasteiger partial charge in [-0.2, -0.15) is 10.2 Å². The van der Waals surface area contributed by atoms with E-state index in [0.29, 0.717) is 6.04 Å². The number of fused-ring (bicyclic) bond motifs is 1. The SMILES string of the molecule is CCCC1N=NC2=C1CC[C@@H]1[C@H](CC)[C@@H]1CC2. The third kappa shape index (κ3) is 1.96. The highest BCUT2D eigenvalue weighted by atomic mass is 15.2. The molecule has 0 spiro atoms. The molecule has 0 amide bonds. The van der Waals surface area contributed by atoms with Crippen molar-refractivity contribution in [3.8, 4) is 0 Å². The van der Waals surface area contributed by atoms with Gasteiger partial charge in [0.2, 0.25) is 0 Å². The molecule has 2 nitrogen and oxygen atoms in total. The molecular weight excluding hydrogens is 208 g/mol. The molecule has 0 saturated heterocycles. The zero-order valence-electron chi connectivity index (χ0n) is 11.2. The maximum Gasteiger partial charge on any atom is 0.0943 e. The zero-order valence-corrected chi connectivity index (χ0v) is 11.2. The van der Waals surface area contributed by atoms with Gasteiger partial charge < -0.3 is 0 Å². The molecule has 0 radical (unpaired) electrons. The number of azo groups is 1. The van der Waals surface area contributed by atoms with Crippen LogP contribution < -0.4 is 0 Å². The van der Waals surface area contributed by atoms with Gasteiger partial charge in [0.1, 0.15) is 0 Å². The molecule has 1 saturated carbocycles. The Morgan fingerprint density at radius 1 is 1.12 bits per heavy atom. The molecule has 0 bridgehead atoms. The molecule has 0 aromatic carbocycles. The molecule has 1 unspecified atom stereocenters. The highest BCUT2D eigenvalue weighted by Crippen LogP contribution is 2.56. The highest BCUT2D eigenvalue weighted by Gasteiger charge is 2.48. The molecule has 1 heterocycles. The second kappa shape index (κ2) is 4.55. The molecule has 3 rings (SSSR count). The van der Waals surface area contributed by atoms with Crippen molar-refractivity contribution < 1.29 is 0 Å². The first-order valence-electron chi connectivity index (χ1n) is 7.47. The lowest BCUT2D eigenvalue weighted by Crippen LogP contribution is -2.07. The van der Waals surface area contributed by atoms with Crippen molar-refractivity contribution in [2.75, 3.05) is 0 Å². The summed E-state index contributed by atoms with van der Waals surface area (Å²) < 4.78 is 0. The minimum atomic E-state index is 0.449. The Kier molecular flexibility index (Phi) is 3.06. The Morgan fingerprint density at radius 3 is 2.59 bits per heavy atom. The highest BCUT2D eigenvalue weighted by molar-refractivity contribution is 5.24. The average molecular weight is 232 g/mol. The van der Waals surface area contributed by atoms with E-state index in [1.165, 1.54) is 50.6 Å². The number of rotatable bonds is 3. The predicted molar refractivity (Wildman–Crippen MR) is 69.8 cm³/mol. The number of hydrogen-bond acceptors (Lipinski definition) is 2. The first-order chi connectivity index (χ1) is 8.35. The predicted octanol–water partition coefficient (Wildman–Crippen LogP) is 4.72. The summed E-state index contributed by atoms with van der Waals surface area (Å²) in [6.45, 7) is 4.61. The van der Waals surface area contributed by atoms with Crippen molar-refractivity contribution in [2.45, 2.75) is 64.8 Å². The van der Waals surface area contributed by atoms with Crippen LogP contribution in [0.25, 0.3) is 0 Å². The molecular formula is C15H24N2. The van der Waals surface area contributed by atoms with Crippen LogP contribution in [0.3, 0.4) is 0 Å². The molecule has 2 aliphatic carbocycles. The maximum absolute atomic E-state index is 4.48. The monoisotopic (exact) mass is 232 g/mol. The topological polar surface area (TPSA) is 24.7 Å². The molecule has 94 valence electrons. The summed E-state index contributed by atoms with van der Waals surface area (Å²) in [5.41, 5.74) is 2.97. The molecule has 0 N–H and O–H groups in total. The Balaban J connectivity index is 1.70. The van der Waals surface area contributed by atoms with E-state index in [1.807, 2.05) is 0 Å². The maximum atomic E-state index is 4.48. The molecule has 1 fully saturated rings. The molecule has 0 aromatic rings. The van der Waals surface area contributed by atoms with Crippen LogP contribution in [0.2, 0.25) is 0 Å². The van der Waals surface area contributed by atoms with Crippen LogP contribution in [0.5, 0.6) is 0 Å². The summed E-state index contributed by atoms with van der Waals surface area (Å²) in [5.74, 6) is 3.10. The van der Waals surface area contributed by atoms with E-state index >= 15 is 0 Å². The molecule has 1 aliphatic heterocycles. The fraction of sp³-hybridized carbons (Fsp3) is 0.867. The lowest BCUT2D eigenvalue weighted by molar-refractivity contribution is 0.562. The largest absolute Gasteiger partial charge is 0.181 e. The van der Waals surface area contributed by atoms with Gasteiger partial charge in [0.25, 0.3) is 0 Å². The Hall–Kier alpha value is -0.660. The van der Waals surface area contributed by atoms with Crippen molar-refractivity contribution >= 4 is 0 Å². The van der Waals surface area contributed by atoms with E-state index < -0.39 is 0 Å². The van der Waals surface area contributed by atoms with Crippen LogP contribution in [0.15, 0.2) is 21.5 Å². The van der Waals surface area contributed by atoms with E-state index in [2.05, 4.69) is 24.1 Å². The molecule has 2 heteroatoms. The molecule has 4 atom stereocenters. The number of hydrogen-bond donors (Lipinski definition) is 0. The van der Waals surface area contributed by atoms with E-state index in [1.54, 1.807) is 5.57 Å². The van der Waals surface area contributed by atoms with Gasteiger partial charge in [-0.05, 0) is 55.4 Å². The van der Waals surface area contributed by atoms with Gasteiger partial charge in [0, 0.05) is 0 Å². The molecule has 3 aliphatic rings. The van der Waals surface area contributed by atoms with Gasteiger partial charge in [-0.1, -0.05) is 26.7 Å². The third-order valence-corrected chi connectivity index (χ3v) is 5.09. The zero-order chi connectivity index (χ0) is 11.8. The lowest BCUT2D eigenvalue weighted by atomic mass is 9.92. The average Bonchev–Trinajstić information content (AvgIpc) is 2.85. The minimum absolute atomic E-state index is 0.449. The Bertz CT molecular complexity index is 356. The third-order valence-electron chi connectivity index (χ3n) is 5.09.